The van der Waals surface area contributed by atoms with Gasteiger partial charge in [0.1, 0.15) is 12.6 Å². The molecule has 2 amide bonds. The molecule has 1 fully saturated rings. The molecule has 198 valence electrons. The molecule has 3 atom stereocenters. The van der Waals surface area contributed by atoms with Crippen molar-refractivity contribution in [2.45, 2.75) is 51.7 Å². The summed E-state index contributed by atoms with van der Waals surface area (Å²) in [5.74, 6) is -0.0826. The number of nitrogens with one attached hydrogen (secondary N) is 2. The highest BCUT2D eigenvalue weighted by atomic mass is 32.2. The molecule has 1 saturated heterocycles. The number of amides is 2. The Kier molecular flexibility index (Phi) is 13.1. The molecule has 0 saturated carbocycles. The van der Waals surface area contributed by atoms with Gasteiger partial charge < -0.3 is 25.0 Å². The number of rotatable bonds is 12. The minimum atomic E-state index is -1.12. The van der Waals surface area contributed by atoms with Crippen LogP contribution in [0.15, 0.2) is 42.9 Å². The first kappa shape index (κ1) is 29.4. The SMILES string of the molecule is CCC1CCN(C(=O)Cc2cnc[nH]2)C1CO[C@@H](Cc1ccccc1)C(=O)NCC(=O)O.CCSC. The standard InChI is InChI=1S/C23H30N4O5.C3H8S/c1-2-17-8-9-27(21(28)11-18-12-24-15-26-18)19(17)14-32-20(23(31)25-13-22(29)30)10-16-6-4-3-5-7-16;1-3-4-2/h3-7,12,15,17,19-20H,2,8-11,13-14H2,1H3,(H,24,26)(H,25,31)(H,29,30);3H2,1-2H3/t17?,19?,20-;/m0./s1. The van der Waals surface area contributed by atoms with Crippen LogP contribution in [0.4, 0.5) is 0 Å². The number of carbonyl (C=O) groups is 3. The van der Waals surface area contributed by atoms with Gasteiger partial charge >= 0.3 is 5.97 Å². The van der Waals surface area contributed by atoms with E-state index in [1.54, 1.807) is 12.5 Å². The number of imidazole rings is 1. The van der Waals surface area contributed by atoms with E-state index in [0.717, 1.165) is 24.1 Å². The number of thioether (sulfide) groups is 1. The van der Waals surface area contributed by atoms with Crippen LogP contribution in [-0.2, 0) is 32.0 Å². The maximum Gasteiger partial charge on any atom is 0.322 e. The maximum atomic E-state index is 12.9. The van der Waals surface area contributed by atoms with Gasteiger partial charge in [-0.1, -0.05) is 50.6 Å². The fourth-order valence-electron chi connectivity index (χ4n) is 4.12. The van der Waals surface area contributed by atoms with Gasteiger partial charge in [0.2, 0.25) is 11.8 Å². The number of ether oxygens (including phenoxy) is 1. The van der Waals surface area contributed by atoms with E-state index in [1.807, 2.05) is 47.0 Å². The zero-order chi connectivity index (χ0) is 26.3. The predicted octanol–water partition coefficient (Wildman–Crippen LogP) is 2.78. The molecular weight excluding hydrogens is 480 g/mol. The van der Waals surface area contributed by atoms with Gasteiger partial charge in [0, 0.05) is 24.9 Å². The Labute approximate surface area is 217 Å². The number of nitrogens with zero attached hydrogens (tertiary/aromatic N) is 2. The minimum absolute atomic E-state index is 0.00580. The summed E-state index contributed by atoms with van der Waals surface area (Å²) in [5, 5.41) is 11.3. The first-order chi connectivity index (χ1) is 17.4. The number of carbonyl (C=O) groups excluding carboxylic acids is 2. The van der Waals surface area contributed by atoms with Crippen LogP contribution in [0.3, 0.4) is 0 Å². The van der Waals surface area contributed by atoms with Crippen molar-refractivity contribution in [3.05, 3.63) is 54.1 Å². The predicted molar refractivity (Wildman–Crippen MR) is 141 cm³/mol. The Morgan fingerprint density at radius 2 is 2.00 bits per heavy atom. The number of carboxylic acids is 1. The number of H-pyrrole nitrogens is 1. The van der Waals surface area contributed by atoms with Crippen LogP contribution in [0.1, 0.15) is 37.9 Å². The largest absolute Gasteiger partial charge is 0.480 e. The molecule has 3 rings (SSSR count). The number of benzene rings is 1. The molecule has 0 spiro atoms. The van der Waals surface area contributed by atoms with Crippen LogP contribution in [0.5, 0.6) is 0 Å². The van der Waals surface area contributed by atoms with Gasteiger partial charge in [0.05, 0.1) is 25.4 Å². The Morgan fingerprint density at radius 1 is 1.28 bits per heavy atom. The van der Waals surface area contributed by atoms with E-state index < -0.39 is 24.5 Å². The van der Waals surface area contributed by atoms with Gasteiger partial charge in [-0.05, 0) is 29.9 Å². The highest BCUT2D eigenvalue weighted by molar-refractivity contribution is 7.98. The van der Waals surface area contributed by atoms with E-state index in [0.29, 0.717) is 13.0 Å². The van der Waals surface area contributed by atoms with Crippen molar-refractivity contribution >= 4 is 29.5 Å². The average Bonchev–Trinajstić information content (AvgIpc) is 3.55. The zero-order valence-corrected chi connectivity index (χ0v) is 22.1. The molecule has 1 aromatic carbocycles. The molecule has 2 aromatic rings. The van der Waals surface area contributed by atoms with Crippen LogP contribution in [-0.4, -0.2) is 81.6 Å². The van der Waals surface area contributed by atoms with E-state index in [9.17, 15) is 14.4 Å². The highest BCUT2D eigenvalue weighted by Gasteiger charge is 2.37. The van der Waals surface area contributed by atoms with Gasteiger partial charge in [0.25, 0.3) is 0 Å². The Bertz CT molecular complexity index is 924. The topological polar surface area (TPSA) is 125 Å². The summed E-state index contributed by atoms with van der Waals surface area (Å²) >= 11 is 1.86. The summed E-state index contributed by atoms with van der Waals surface area (Å²) < 4.78 is 6.05. The van der Waals surface area contributed by atoms with Gasteiger partial charge in [-0.2, -0.15) is 11.8 Å². The van der Waals surface area contributed by atoms with Crippen molar-refractivity contribution in [3.8, 4) is 0 Å². The molecular formula is C26H38N4O5S. The Hall–Kier alpha value is -2.85. The molecule has 0 bridgehead atoms. The number of hydrogen-bond donors (Lipinski definition) is 3. The van der Waals surface area contributed by atoms with Crippen molar-refractivity contribution in [1.82, 2.24) is 20.2 Å². The van der Waals surface area contributed by atoms with Crippen LogP contribution in [0.25, 0.3) is 0 Å². The molecule has 2 unspecified atom stereocenters. The second-order valence-corrected chi connectivity index (χ2v) is 9.72. The van der Waals surface area contributed by atoms with Gasteiger partial charge in [-0.15, -0.1) is 0 Å². The van der Waals surface area contributed by atoms with Gasteiger partial charge in [-0.25, -0.2) is 4.98 Å². The monoisotopic (exact) mass is 518 g/mol. The Morgan fingerprint density at radius 3 is 2.58 bits per heavy atom. The molecule has 9 nitrogen and oxygen atoms in total. The number of carboxylic acid groups (broad SMARTS) is 1. The third-order valence-electron chi connectivity index (χ3n) is 6.15. The number of likely N-dealkylation sites (tertiary alicyclic amines) is 1. The smallest absolute Gasteiger partial charge is 0.322 e. The van der Waals surface area contributed by atoms with Crippen molar-refractivity contribution in [1.29, 1.82) is 0 Å². The molecule has 2 heterocycles. The summed E-state index contributed by atoms with van der Waals surface area (Å²) in [6.07, 6.45) is 6.77. The summed E-state index contributed by atoms with van der Waals surface area (Å²) in [6.45, 7) is 4.62. The van der Waals surface area contributed by atoms with Crippen LogP contribution in [0.2, 0.25) is 0 Å². The summed E-state index contributed by atoms with van der Waals surface area (Å²) in [6, 6.07) is 9.29. The van der Waals surface area contributed by atoms with Crippen LogP contribution >= 0.6 is 11.8 Å². The maximum absolute atomic E-state index is 12.9. The molecule has 36 heavy (non-hydrogen) atoms. The van der Waals surface area contributed by atoms with Gasteiger partial charge in [-0.3, -0.25) is 14.4 Å². The second-order valence-electron chi connectivity index (χ2n) is 8.57. The second kappa shape index (κ2) is 16.0. The van der Waals surface area contributed by atoms with Crippen molar-refractivity contribution in [3.63, 3.8) is 0 Å². The van der Waals surface area contributed by atoms with E-state index >= 15 is 0 Å². The quantitative estimate of drug-likeness (QED) is 0.395. The van der Waals surface area contributed by atoms with Crippen molar-refractivity contribution in [2.75, 3.05) is 31.7 Å². The van der Waals surface area contributed by atoms with E-state index in [-0.39, 0.29) is 30.9 Å². The first-order valence-electron chi connectivity index (χ1n) is 12.3. The molecule has 1 aromatic heterocycles. The number of aliphatic carboxylic acids is 1. The van der Waals surface area contributed by atoms with Gasteiger partial charge in [0.15, 0.2) is 0 Å². The normalized spacial score (nSPS) is 17.7. The van der Waals surface area contributed by atoms with E-state index in [4.69, 9.17) is 9.84 Å². The number of aromatic nitrogens is 2. The molecule has 1 aliphatic rings. The zero-order valence-electron chi connectivity index (χ0n) is 21.3. The Balaban J connectivity index is 0.00000106. The summed E-state index contributed by atoms with van der Waals surface area (Å²) in [7, 11) is 0. The fraction of sp³-hybridized carbons (Fsp3) is 0.538. The average molecular weight is 519 g/mol. The third-order valence-corrected chi connectivity index (χ3v) is 6.73. The number of aromatic amines is 1. The summed E-state index contributed by atoms with van der Waals surface area (Å²) in [5.41, 5.74) is 1.67. The van der Waals surface area contributed by atoms with Crippen molar-refractivity contribution < 1.29 is 24.2 Å². The molecule has 0 radical (unpaired) electrons. The lowest BCUT2D eigenvalue weighted by Gasteiger charge is -2.29. The lowest BCUT2D eigenvalue weighted by atomic mass is 9.98. The first-order valence-corrected chi connectivity index (χ1v) is 13.7. The third kappa shape index (κ3) is 9.66. The van der Waals surface area contributed by atoms with Crippen molar-refractivity contribution in [2.24, 2.45) is 5.92 Å². The lowest BCUT2D eigenvalue weighted by molar-refractivity contribution is -0.142. The van der Waals surface area contributed by atoms with E-state index in [1.165, 1.54) is 5.75 Å². The fourth-order valence-corrected chi connectivity index (χ4v) is 4.12. The minimum Gasteiger partial charge on any atom is -0.480 e. The van der Waals surface area contributed by atoms with Crippen LogP contribution in [0, 0.1) is 5.92 Å². The molecule has 1 aliphatic heterocycles. The summed E-state index contributed by atoms with van der Waals surface area (Å²) in [4.78, 5) is 45.2. The number of hydrogen-bond acceptors (Lipinski definition) is 6. The van der Waals surface area contributed by atoms with Crippen LogP contribution < -0.4 is 5.32 Å². The lowest BCUT2D eigenvalue weighted by Crippen LogP contribution is -2.45. The molecule has 0 aliphatic carbocycles. The highest BCUT2D eigenvalue weighted by Crippen LogP contribution is 2.28. The molecule has 3 N–H and O–H groups in total. The molecule has 10 heteroatoms. The van der Waals surface area contributed by atoms with E-state index in [2.05, 4.69) is 35.4 Å².